The number of fused-ring (bicyclic) bond motifs is 2. The van der Waals surface area contributed by atoms with E-state index in [-0.39, 0.29) is 24.8 Å². The van der Waals surface area contributed by atoms with Crippen LogP contribution in [0.2, 0.25) is 24.2 Å². The van der Waals surface area contributed by atoms with E-state index >= 15 is 0 Å². The molecule has 0 spiro atoms. The molecule has 0 aliphatic carbocycles. The summed E-state index contributed by atoms with van der Waals surface area (Å²) in [7, 11) is 0. The fourth-order valence-corrected chi connectivity index (χ4v) is 48.0. The topological polar surface area (TPSA) is 0 Å². The summed E-state index contributed by atoms with van der Waals surface area (Å²) < 4.78 is 0. The maximum absolute atomic E-state index is 2.28. The molecule has 0 saturated carbocycles. The Kier molecular flexibility index (Phi) is 11.9. The van der Waals surface area contributed by atoms with Gasteiger partial charge >= 0.3 is 55.5 Å². The molecule has 5 aromatic carbocycles. The van der Waals surface area contributed by atoms with E-state index in [0.717, 1.165) is 0 Å². The summed E-state index contributed by atoms with van der Waals surface area (Å²) in [5.74, 6) is 0.616. The Morgan fingerprint density at radius 1 is 0.658 bits per heavy atom. The maximum Gasteiger partial charge on any atom is -0.0279 e. The smallest absolute Gasteiger partial charge is 0.0279 e. The molecule has 0 atom stereocenters. The van der Waals surface area contributed by atoms with Crippen LogP contribution in [0.25, 0.3) is 32.7 Å². The Balaban J connectivity index is 0.000000164. The summed E-state index contributed by atoms with van der Waals surface area (Å²) in [4.78, 5) is 0. The third kappa shape index (κ3) is 7.49. The number of halogens is 2. The SMILES string of the molecule is C1C[Si]2=[Zr]=[Si]1CC2.Cc1cc2c(-c3ccccc3)cccc2[cH-]1.Cc1cc2c(C(C)C)cccc2[cH-]1.[Cl-].[Cl-]. The molecule has 0 N–H and O–H groups in total. The van der Waals surface area contributed by atoms with Gasteiger partial charge in [-0.15, -0.1) is 69.1 Å². The Hall–Kier alpha value is -1.22. The van der Waals surface area contributed by atoms with E-state index < -0.39 is 0 Å². The third-order valence-corrected chi connectivity index (χ3v) is 37.6. The maximum atomic E-state index is 2.28. The van der Waals surface area contributed by atoms with Crippen molar-refractivity contribution in [3.05, 3.63) is 108 Å². The van der Waals surface area contributed by atoms with Crippen LogP contribution in [0, 0.1) is 13.8 Å². The standard InChI is InChI=1S/C16H13.C13H15.C4H8Si2.2ClH.Zr/c1-12-10-14-8-5-9-15(16(14)11-12)13-6-3-2-4-7-13;1-9(2)12-6-4-5-11-7-10(3)8-13(11)12;1-2-6-4-3-5-1;;;/h2-11H,1H3;4-9H,1-3H3;1-4H2;2*1H;/q2*-1;;;;/p-2. The summed E-state index contributed by atoms with van der Waals surface area (Å²) in [6, 6.07) is 39.8. The number of benzene rings is 3. The zero-order chi connectivity index (χ0) is 25.1. The molecule has 5 aromatic rings. The van der Waals surface area contributed by atoms with Gasteiger partial charge in [0, 0.05) is 0 Å². The normalized spacial score (nSPS) is 13.1. The van der Waals surface area contributed by atoms with E-state index in [2.05, 4.69) is 119 Å². The van der Waals surface area contributed by atoms with Crippen molar-refractivity contribution in [1.29, 1.82) is 0 Å². The molecule has 198 valence electrons. The first-order chi connectivity index (χ1) is 17.5. The van der Waals surface area contributed by atoms with Crippen molar-refractivity contribution >= 4 is 32.4 Å². The van der Waals surface area contributed by atoms with Gasteiger partial charge < -0.3 is 24.8 Å². The fraction of sp³-hybridized carbons (Fsp3) is 0.273. The second-order valence-electron chi connectivity index (χ2n) is 10.6. The van der Waals surface area contributed by atoms with Crippen LogP contribution in [-0.2, 0) is 20.5 Å². The molecule has 5 heteroatoms. The zero-order valence-corrected chi connectivity index (χ0v) is 28.8. The molecule has 0 radical (unpaired) electrons. The third-order valence-electron chi connectivity index (χ3n) is 7.34. The molecule has 0 unspecified atom stereocenters. The molecule has 0 aromatic heterocycles. The molecule has 2 bridgehead atoms. The summed E-state index contributed by atoms with van der Waals surface area (Å²) >= 11 is 0.465. The molecule has 2 heterocycles. The molecular weight excluding hydrogens is 615 g/mol. The van der Waals surface area contributed by atoms with Crippen LogP contribution >= 0.6 is 0 Å². The van der Waals surface area contributed by atoms with Crippen LogP contribution in [0.15, 0.2) is 91.0 Å². The van der Waals surface area contributed by atoms with Gasteiger partial charge in [0.15, 0.2) is 0 Å². The van der Waals surface area contributed by atoms with E-state index in [1.165, 1.54) is 49.4 Å². The van der Waals surface area contributed by atoms with Crippen LogP contribution in [0.4, 0.5) is 0 Å². The van der Waals surface area contributed by atoms with E-state index in [0.29, 0.717) is 37.3 Å². The van der Waals surface area contributed by atoms with Gasteiger partial charge in [-0.25, -0.2) is 0 Å². The van der Waals surface area contributed by atoms with Crippen molar-refractivity contribution in [3.63, 3.8) is 0 Å². The predicted molar refractivity (Wildman–Crippen MR) is 159 cm³/mol. The van der Waals surface area contributed by atoms with Gasteiger partial charge in [0.25, 0.3) is 0 Å². The van der Waals surface area contributed by atoms with E-state index in [9.17, 15) is 0 Å². The molecular formula is C33H36Cl2Si2Zr-4. The first kappa shape index (κ1) is 31.3. The fourth-order valence-electron chi connectivity index (χ4n) is 5.52. The van der Waals surface area contributed by atoms with E-state index in [4.69, 9.17) is 0 Å². The minimum Gasteiger partial charge on any atom is -1.00 e. The number of hydrogen-bond acceptors (Lipinski definition) is 0. The quantitative estimate of drug-likeness (QED) is 0.203. The van der Waals surface area contributed by atoms with E-state index in [1.807, 2.05) is 0 Å². The summed E-state index contributed by atoms with van der Waals surface area (Å²) in [6.07, 6.45) is 0. The monoisotopic (exact) mass is 648 g/mol. The molecule has 0 fully saturated rings. The van der Waals surface area contributed by atoms with Crippen LogP contribution < -0.4 is 24.8 Å². The van der Waals surface area contributed by atoms with Crippen molar-refractivity contribution in [2.75, 3.05) is 0 Å². The van der Waals surface area contributed by atoms with Gasteiger partial charge in [0.05, 0.1) is 0 Å². The van der Waals surface area contributed by atoms with Gasteiger partial charge in [-0.2, -0.15) is 12.1 Å². The predicted octanol–water partition coefficient (Wildman–Crippen LogP) is 3.61. The Labute approximate surface area is 252 Å². The second-order valence-corrected chi connectivity index (χ2v) is 32.0. The minimum absolute atomic E-state index is 0. The average Bonchev–Trinajstić information content (AvgIpc) is 3.68. The molecule has 0 nitrogen and oxygen atoms in total. The molecule has 38 heavy (non-hydrogen) atoms. The molecule has 7 rings (SSSR count). The van der Waals surface area contributed by atoms with Crippen molar-refractivity contribution in [1.82, 2.24) is 0 Å². The number of aryl methyl sites for hydroxylation is 2. The number of rotatable bonds is 2. The van der Waals surface area contributed by atoms with Gasteiger partial charge in [-0.1, -0.05) is 81.3 Å². The van der Waals surface area contributed by atoms with Gasteiger partial charge in [0.1, 0.15) is 0 Å². The zero-order valence-electron chi connectivity index (χ0n) is 22.8. The van der Waals surface area contributed by atoms with Crippen molar-refractivity contribution < 1.29 is 45.3 Å². The molecule has 0 saturated heterocycles. The first-order valence-corrected chi connectivity index (χ1v) is 24.5. The van der Waals surface area contributed by atoms with Crippen molar-refractivity contribution in [3.8, 4) is 11.1 Å². The van der Waals surface area contributed by atoms with Gasteiger partial charge in [-0.05, 0) is 11.5 Å². The molecule has 2 aliphatic heterocycles. The first-order valence-electron chi connectivity index (χ1n) is 13.3. The van der Waals surface area contributed by atoms with Crippen LogP contribution in [0.3, 0.4) is 0 Å². The van der Waals surface area contributed by atoms with Crippen LogP contribution in [0.5, 0.6) is 0 Å². The molecule has 2 aliphatic rings. The Morgan fingerprint density at radius 2 is 1.18 bits per heavy atom. The Morgan fingerprint density at radius 3 is 1.71 bits per heavy atom. The van der Waals surface area contributed by atoms with E-state index in [1.54, 1.807) is 24.2 Å². The average molecular weight is 651 g/mol. The summed E-state index contributed by atoms with van der Waals surface area (Å²) in [6.45, 7) is 8.80. The summed E-state index contributed by atoms with van der Waals surface area (Å²) in [5, 5.41) is 5.49. The van der Waals surface area contributed by atoms with Crippen molar-refractivity contribution in [2.45, 2.75) is 57.8 Å². The van der Waals surface area contributed by atoms with Crippen LogP contribution in [0.1, 0.15) is 36.5 Å². The van der Waals surface area contributed by atoms with Crippen LogP contribution in [-0.4, -0.2) is 10.9 Å². The summed E-state index contributed by atoms with van der Waals surface area (Å²) in [5.41, 5.74) is 7.85. The minimum atomic E-state index is 0. The largest absolute Gasteiger partial charge is 1.00 e. The second kappa shape index (κ2) is 14.4. The Bertz CT molecular complexity index is 1540. The number of hydrogen-bond donors (Lipinski definition) is 0. The van der Waals surface area contributed by atoms with Gasteiger partial charge in [-0.3, -0.25) is 0 Å². The van der Waals surface area contributed by atoms with Gasteiger partial charge in [0.2, 0.25) is 0 Å². The van der Waals surface area contributed by atoms with Crippen molar-refractivity contribution in [2.24, 2.45) is 0 Å². The molecule has 0 amide bonds.